The number of ether oxygens (including phenoxy) is 5. The van der Waals surface area contributed by atoms with Gasteiger partial charge < -0.3 is 23.7 Å². The maximum absolute atomic E-state index is 12.2. The van der Waals surface area contributed by atoms with Crippen LogP contribution >= 0.6 is 0 Å². The fraction of sp³-hybridized carbons (Fsp3) is 0.600. The molecule has 5 nitrogen and oxygen atoms in total. The van der Waals surface area contributed by atoms with Crippen molar-refractivity contribution in [3.8, 4) is 5.75 Å². The second-order valence-electron chi connectivity index (χ2n) is 6.91. The molecule has 2 fully saturated rings. The molecule has 8 heteroatoms. The predicted octanol–water partition coefficient (Wildman–Crippen LogP) is 4.07. The number of rotatable bonds is 6. The topological polar surface area (TPSA) is 46.2 Å². The van der Waals surface area contributed by atoms with Crippen molar-refractivity contribution < 1.29 is 36.9 Å². The van der Waals surface area contributed by atoms with Crippen LogP contribution in [0.3, 0.4) is 0 Å². The Morgan fingerprint density at radius 3 is 2.21 bits per heavy atom. The van der Waals surface area contributed by atoms with E-state index >= 15 is 0 Å². The maximum Gasteiger partial charge on any atom is 0.573 e. The summed E-state index contributed by atoms with van der Waals surface area (Å²) in [5.41, 5.74) is 0.887. The van der Waals surface area contributed by atoms with Crippen LogP contribution < -0.4 is 4.74 Å². The first-order chi connectivity index (χ1) is 13.4. The van der Waals surface area contributed by atoms with E-state index in [1.807, 2.05) is 13.0 Å². The van der Waals surface area contributed by atoms with Crippen LogP contribution in [-0.2, 0) is 25.4 Å². The number of halogens is 3. The molecule has 2 aliphatic rings. The lowest BCUT2D eigenvalue weighted by Gasteiger charge is -2.37. The zero-order valence-electron chi connectivity index (χ0n) is 15.7. The van der Waals surface area contributed by atoms with Gasteiger partial charge in [-0.05, 0) is 31.0 Å². The minimum atomic E-state index is -4.68. The highest BCUT2D eigenvalue weighted by Crippen LogP contribution is 2.26. The molecule has 2 aliphatic heterocycles. The molecule has 0 radical (unpaired) electrons. The normalized spacial score (nSPS) is 29.1. The number of benzene rings is 1. The summed E-state index contributed by atoms with van der Waals surface area (Å²) in [6.07, 6.45) is -0.0365. The third-order valence-electron chi connectivity index (χ3n) is 4.62. The third kappa shape index (κ3) is 6.48. The van der Waals surface area contributed by atoms with E-state index in [4.69, 9.17) is 18.9 Å². The largest absolute Gasteiger partial charge is 0.573 e. The molecule has 0 spiro atoms. The molecule has 1 aromatic carbocycles. The lowest BCUT2D eigenvalue weighted by Crippen LogP contribution is -2.44. The van der Waals surface area contributed by atoms with Crippen molar-refractivity contribution in [1.29, 1.82) is 0 Å². The molecule has 156 valence electrons. The van der Waals surface area contributed by atoms with E-state index in [-0.39, 0.29) is 30.2 Å². The van der Waals surface area contributed by atoms with Gasteiger partial charge in [-0.2, -0.15) is 0 Å². The van der Waals surface area contributed by atoms with E-state index < -0.39 is 6.36 Å². The van der Waals surface area contributed by atoms with Crippen LogP contribution in [0, 0.1) is 11.8 Å². The molecule has 0 aliphatic carbocycles. The van der Waals surface area contributed by atoms with Gasteiger partial charge in [-0.1, -0.05) is 24.3 Å². The first-order valence-electron chi connectivity index (χ1n) is 9.37. The fourth-order valence-electron chi connectivity index (χ4n) is 3.21. The SMILES string of the molecule is CC=CC1COC(C2COC(CCc3ccc(OC(F)(F)F)cc3)OC2)OC1. The molecule has 3 rings (SSSR count). The number of alkyl halides is 3. The molecule has 0 saturated carbocycles. The Morgan fingerprint density at radius 1 is 1.00 bits per heavy atom. The molecule has 1 aromatic rings. The zero-order chi connectivity index (χ0) is 20.0. The molecular weight excluding hydrogens is 377 g/mol. The highest BCUT2D eigenvalue weighted by atomic mass is 19.4. The third-order valence-corrected chi connectivity index (χ3v) is 4.62. The molecule has 2 saturated heterocycles. The summed E-state index contributed by atoms with van der Waals surface area (Å²) in [5.74, 6) is 0.0855. The van der Waals surface area contributed by atoms with Crippen LogP contribution in [-0.4, -0.2) is 45.4 Å². The van der Waals surface area contributed by atoms with Gasteiger partial charge in [0.05, 0.1) is 32.3 Å². The molecule has 0 atom stereocenters. The Kier molecular flexibility index (Phi) is 7.34. The highest BCUT2D eigenvalue weighted by molar-refractivity contribution is 5.27. The van der Waals surface area contributed by atoms with E-state index in [0.29, 0.717) is 39.3 Å². The Hall–Kier alpha value is -1.61. The zero-order valence-corrected chi connectivity index (χ0v) is 15.7. The minimum absolute atomic E-state index is 0.0293. The van der Waals surface area contributed by atoms with E-state index in [0.717, 1.165) is 5.56 Å². The number of allylic oxidation sites excluding steroid dienone is 1. The van der Waals surface area contributed by atoms with Gasteiger partial charge in [0.2, 0.25) is 0 Å². The van der Waals surface area contributed by atoms with Crippen LogP contribution in [0.25, 0.3) is 0 Å². The summed E-state index contributed by atoms with van der Waals surface area (Å²) in [7, 11) is 0. The van der Waals surface area contributed by atoms with Crippen molar-refractivity contribution in [2.75, 3.05) is 26.4 Å². The number of hydrogen-bond donors (Lipinski definition) is 0. The summed E-state index contributed by atoms with van der Waals surface area (Å²) >= 11 is 0. The average molecular weight is 402 g/mol. The predicted molar refractivity (Wildman–Crippen MR) is 94.6 cm³/mol. The van der Waals surface area contributed by atoms with Gasteiger partial charge in [-0.3, -0.25) is 0 Å². The van der Waals surface area contributed by atoms with Crippen LogP contribution in [0.15, 0.2) is 36.4 Å². The van der Waals surface area contributed by atoms with E-state index in [9.17, 15) is 13.2 Å². The summed E-state index contributed by atoms with van der Waals surface area (Å²) in [5, 5.41) is 0. The van der Waals surface area contributed by atoms with E-state index in [1.165, 1.54) is 12.1 Å². The Bertz CT molecular complexity index is 616. The first kappa shape index (κ1) is 21.1. The molecular formula is C20H25F3O5. The Balaban J connectivity index is 1.37. The van der Waals surface area contributed by atoms with E-state index in [1.54, 1.807) is 12.1 Å². The van der Waals surface area contributed by atoms with Gasteiger partial charge in [0.15, 0.2) is 12.6 Å². The van der Waals surface area contributed by atoms with Crippen LogP contribution in [0.2, 0.25) is 0 Å². The molecule has 0 aromatic heterocycles. The lowest BCUT2D eigenvalue weighted by molar-refractivity contribution is -0.278. The van der Waals surface area contributed by atoms with Crippen LogP contribution in [0.1, 0.15) is 18.9 Å². The monoisotopic (exact) mass is 402 g/mol. The van der Waals surface area contributed by atoms with Crippen molar-refractivity contribution in [2.45, 2.75) is 38.7 Å². The van der Waals surface area contributed by atoms with Crippen molar-refractivity contribution >= 4 is 0 Å². The first-order valence-corrected chi connectivity index (χ1v) is 9.37. The molecule has 0 amide bonds. The fourth-order valence-corrected chi connectivity index (χ4v) is 3.21. The second kappa shape index (κ2) is 9.73. The molecule has 28 heavy (non-hydrogen) atoms. The summed E-state index contributed by atoms with van der Waals surface area (Å²) in [6.45, 7) is 4.20. The van der Waals surface area contributed by atoms with Gasteiger partial charge in [0.1, 0.15) is 5.75 Å². The molecule has 0 unspecified atom stereocenters. The summed E-state index contributed by atoms with van der Waals surface area (Å²) in [4.78, 5) is 0. The van der Waals surface area contributed by atoms with Crippen LogP contribution in [0.4, 0.5) is 13.2 Å². The summed E-state index contributed by atoms with van der Waals surface area (Å²) < 4.78 is 63.4. The van der Waals surface area contributed by atoms with Gasteiger partial charge in [-0.25, -0.2) is 0 Å². The maximum atomic E-state index is 12.2. The average Bonchev–Trinajstić information content (AvgIpc) is 2.68. The number of aryl methyl sites for hydroxylation is 1. The quantitative estimate of drug-likeness (QED) is 0.672. The second-order valence-corrected chi connectivity index (χ2v) is 6.91. The van der Waals surface area contributed by atoms with Gasteiger partial charge in [0.25, 0.3) is 0 Å². The highest BCUT2D eigenvalue weighted by Gasteiger charge is 2.33. The molecule has 2 heterocycles. The van der Waals surface area contributed by atoms with Gasteiger partial charge in [-0.15, -0.1) is 13.2 Å². The van der Waals surface area contributed by atoms with Gasteiger partial charge >= 0.3 is 6.36 Å². The minimum Gasteiger partial charge on any atom is -0.406 e. The van der Waals surface area contributed by atoms with Crippen LogP contribution in [0.5, 0.6) is 5.75 Å². The molecule has 0 N–H and O–H groups in total. The van der Waals surface area contributed by atoms with Gasteiger partial charge in [0, 0.05) is 12.3 Å². The van der Waals surface area contributed by atoms with Crippen molar-refractivity contribution in [1.82, 2.24) is 0 Å². The Morgan fingerprint density at radius 2 is 1.64 bits per heavy atom. The Labute approximate surface area is 162 Å². The smallest absolute Gasteiger partial charge is 0.406 e. The standard InChI is InChI=1S/C20H25F3O5/c1-2-3-15-10-26-19(27-11-15)16-12-24-18(25-13-16)9-6-14-4-7-17(8-5-14)28-20(21,22)23/h2-5,7-8,15-16,18-19H,6,9-13H2,1H3. The molecule has 0 bridgehead atoms. The van der Waals surface area contributed by atoms with E-state index in [2.05, 4.69) is 10.8 Å². The summed E-state index contributed by atoms with van der Waals surface area (Å²) in [6, 6.07) is 5.83. The van der Waals surface area contributed by atoms with Crippen molar-refractivity contribution in [2.24, 2.45) is 11.8 Å². The number of hydrogen-bond acceptors (Lipinski definition) is 5. The lowest BCUT2D eigenvalue weighted by atomic mass is 10.1. The van der Waals surface area contributed by atoms with Crippen molar-refractivity contribution in [3.63, 3.8) is 0 Å². The van der Waals surface area contributed by atoms with Crippen molar-refractivity contribution in [3.05, 3.63) is 42.0 Å².